The van der Waals surface area contributed by atoms with Gasteiger partial charge in [0.2, 0.25) is 0 Å². The fraction of sp³-hybridized carbons (Fsp3) is 0.571. The molecule has 2 aromatic heterocycles. The van der Waals surface area contributed by atoms with Crippen LogP contribution in [0.1, 0.15) is 38.1 Å². The third-order valence-corrected chi connectivity index (χ3v) is 5.17. The van der Waals surface area contributed by atoms with Crippen LogP contribution >= 0.6 is 11.3 Å². The maximum atomic E-state index is 12.6. The van der Waals surface area contributed by atoms with Gasteiger partial charge in [-0.25, -0.2) is 4.98 Å². The summed E-state index contributed by atoms with van der Waals surface area (Å²) in [5.41, 5.74) is 1.01. The van der Waals surface area contributed by atoms with E-state index in [0.717, 1.165) is 29.7 Å². The fourth-order valence-corrected chi connectivity index (χ4v) is 3.54. The van der Waals surface area contributed by atoms with Crippen molar-refractivity contribution in [1.29, 1.82) is 0 Å². The summed E-state index contributed by atoms with van der Waals surface area (Å²) in [6.07, 6.45) is 2.71. The molecule has 0 bridgehead atoms. The molecule has 1 fully saturated rings. The van der Waals surface area contributed by atoms with Crippen molar-refractivity contribution in [2.24, 2.45) is 0 Å². The molecular weight excluding hydrogens is 258 g/mol. The van der Waals surface area contributed by atoms with E-state index in [1.807, 2.05) is 0 Å². The Morgan fingerprint density at radius 3 is 2.89 bits per heavy atom. The average molecular weight is 277 g/mol. The van der Waals surface area contributed by atoms with Crippen LogP contribution < -0.4 is 10.9 Å². The number of nitrogens with zero attached hydrogens (tertiary/aromatic N) is 2. The highest BCUT2D eigenvalue weighted by molar-refractivity contribution is 7.19. The minimum atomic E-state index is 0.0670. The summed E-state index contributed by atoms with van der Waals surface area (Å²) < 4.78 is 2.59. The summed E-state index contributed by atoms with van der Waals surface area (Å²) in [4.78, 5) is 18.2. The van der Waals surface area contributed by atoms with Gasteiger partial charge in [-0.1, -0.05) is 20.8 Å². The minimum absolute atomic E-state index is 0.0670. The number of hydrogen-bond donors (Lipinski definition) is 1. The molecule has 0 aromatic carbocycles. The molecule has 1 saturated heterocycles. The SMILES string of the molecule is CC(C)(C)c1cc2ncn(C3CCNC3)c(=O)c2s1. The van der Waals surface area contributed by atoms with E-state index in [2.05, 4.69) is 37.1 Å². The van der Waals surface area contributed by atoms with E-state index < -0.39 is 0 Å². The van der Waals surface area contributed by atoms with Crippen LogP contribution in [-0.4, -0.2) is 22.6 Å². The van der Waals surface area contributed by atoms with Crippen molar-refractivity contribution < 1.29 is 0 Å². The third kappa shape index (κ3) is 2.21. The zero-order valence-corrected chi connectivity index (χ0v) is 12.4. The fourth-order valence-electron chi connectivity index (χ4n) is 2.43. The molecule has 4 nitrogen and oxygen atoms in total. The molecular formula is C14H19N3OS. The molecule has 5 heteroatoms. The number of nitrogens with one attached hydrogen (secondary N) is 1. The van der Waals surface area contributed by atoms with Gasteiger partial charge < -0.3 is 5.32 Å². The minimum Gasteiger partial charge on any atom is -0.315 e. The van der Waals surface area contributed by atoms with Gasteiger partial charge in [0.15, 0.2) is 0 Å². The van der Waals surface area contributed by atoms with Crippen molar-refractivity contribution in [1.82, 2.24) is 14.9 Å². The molecule has 19 heavy (non-hydrogen) atoms. The Balaban J connectivity index is 2.14. The van der Waals surface area contributed by atoms with Crippen molar-refractivity contribution in [2.45, 2.75) is 38.6 Å². The lowest BCUT2D eigenvalue weighted by atomic mass is 9.95. The summed E-state index contributed by atoms with van der Waals surface area (Å²) in [5.74, 6) is 0. The first-order chi connectivity index (χ1) is 8.97. The van der Waals surface area contributed by atoms with E-state index in [9.17, 15) is 4.79 Å². The normalized spacial score (nSPS) is 20.3. The van der Waals surface area contributed by atoms with E-state index in [0.29, 0.717) is 0 Å². The van der Waals surface area contributed by atoms with Crippen LogP contribution in [0, 0.1) is 0 Å². The van der Waals surface area contributed by atoms with Crippen LogP contribution in [-0.2, 0) is 5.41 Å². The summed E-state index contributed by atoms with van der Waals surface area (Å²) in [6.45, 7) is 8.34. The summed E-state index contributed by atoms with van der Waals surface area (Å²) >= 11 is 1.59. The van der Waals surface area contributed by atoms with Crippen molar-refractivity contribution in [2.75, 3.05) is 13.1 Å². The number of thiophene rings is 1. The monoisotopic (exact) mass is 277 g/mol. The quantitative estimate of drug-likeness (QED) is 0.870. The second kappa shape index (κ2) is 4.42. The lowest BCUT2D eigenvalue weighted by Gasteiger charge is -2.14. The zero-order valence-electron chi connectivity index (χ0n) is 11.6. The van der Waals surface area contributed by atoms with Gasteiger partial charge in [-0.15, -0.1) is 11.3 Å². The molecule has 1 unspecified atom stereocenters. The van der Waals surface area contributed by atoms with Crippen molar-refractivity contribution in [3.05, 3.63) is 27.6 Å². The first-order valence-corrected chi connectivity index (χ1v) is 7.50. The molecule has 1 aliphatic heterocycles. The average Bonchev–Trinajstić information content (AvgIpc) is 2.96. The zero-order chi connectivity index (χ0) is 13.6. The number of aromatic nitrogens is 2. The first kappa shape index (κ1) is 12.8. The van der Waals surface area contributed by atoms with Crippen LogP contribution in [0.5, 0.6) is 0 Å². The van der Waals surface area contributed by atoms with Crippen molar-refractivity contribution >= 4 is 21.6 Å². The van der Waals surface area contributed by atoms with Crippen LogP contribution in [0.15, 0.2) is 17.2 Å². The van der Waals surface area contributed by atoms with Crippen LogP contribution in [0.2, 0.25) is 0 Å². The molecule has 0 saturated carbocycles. The lowest BCUT2D eigenvalue weighted by Crippen LogP contribution is -2.25. The number of hydrogen-bond acceptors (Lipinski definition) is 4. The molecule has 2 aromatic rings. The molecule has 0 radical (unpaired) electrons. The summed E-state index contributed by atoms with van der Waals surface area (Å²) in [7, 11) is 0. The van der Waals surface area contributed by atoms with Gasteiger partial charge in [0, 0.05) is 11.4 Å². The van der Waals surface area contributed by atoms with Gasteiger partial charge in [0.25, 0.3) is 5.56 Å². The Labute approximate surface area is 116 Å². The van der Waals surface area contributed by atoms with Crippen molar-refractivity contribution in [3.8, 4) is 0 Å². The number of rotatable bonds is 1. The second-order valence-electron chi connectivity index (χ2n) is 6.18. The smallest absolute Gasteiger partial charge is 0.271 e. The number of fused-ring (bicyclic) bond motifs is 1. The van der Waals surface area contributed by atoms with Gasteiger partial charge in [0.05, 0.1) is 17.9 Å². The maximum Gasteiger partial charge on any atom is 0.271 e. The largest absolute Gasteiger partial charge is 0.315 e. The molecule has 1 atom stereocenters. The van der Waals surface area contributed by atoms with E-state index in [1.165, 1.54) is 4.88 Å². The van der Waals surface area contributed by atoms with Gasteiger partial charge >= 0.3 is 0 Å². The van der Waals surface area contributed by atoms with Gasteiger partial charge in [-0.3, -0.25) is 9.36 Å². The second-order valence-corrected chi connectivity index (χ2v) is 7.23. The Morgan fingerprint density at radius 2 is 2.26 bits per heavy atom. The molecule has 0 amide bonds. The van der Waals surface area contributed by atoms with Gasteiger partial charge in [0.1, 0.15) is 4.70 Å². The van der Waals surface area contributed by atoms with E-state index >= 15 is 0 Å². The molecule has 3 heterocycles. The Morgan fingerprint density at radius 1 is 1.47 bits per heavy atom. The lowest BCUT2D eigenvalue weighted by molar-refractivity contribution is 0.526. The van der Waals surface area contributed by atoms with Crippen LogP contribution in [0.3, 0.4) is 0 Å². The maximum absolute atomic E-state index is 12.6. The van der Waals surface area contributed by atoms with Gasteiger partial charge in [-0.05, 0) is 24.4 Å². The Hall–Kier alpha value is -1.20. The highest BCUT2D eigenvalue weighted by Gasteiger charge is 2.22. The Bertz CT molecular complexity index is 659. The van der Waals surface area contributed by atoms with E-state index in [4.69, 9.17) is 0 Å². The molecule has 102 valence electrons. The summed E-state index contributed by atoms with van der Waals surface area (Å²) in [6, 6.07) is 2.31. The molecule has 0 aliphatic carbocycles. The predicted octanol–water partition coefficient (Wildman–Crippen LogP) is 2.29. The summed E-state index contributed by atoms with van der Waals surface area (Å²) in [5, 5.41) is 3.29. The third-order valence-electron chi connectivity index (χ3n) is 3.63. The highest BCUT2D eigenvalue weighted by atomic mass is 32.1. The Kier molecular flexibility index (Phi) is 2.98. The molecule has 1 N–H and O–H groups in total. The standard InChI is InChI=1S/C14H19N3OS/c1-14(2,3)11-6-10-12(19-11)13(18)17(8-16-10)9-4-5-15-7-9/h6,8-9,15H,4-5,7H2,1-3H3. The van der Waals surface area contributed by atoms with Crippen molar-refractivity contribution in [3.63, 3.8) is 0 Å². The highest BCUT2D eigenvalue weighted by Crippen LogP contribution is 2.31. The molecule has 0 spiro atoms. The topological polar surface area (TPSA) is 46.9 Å². The van der Waals surface area contributed by atoms with Crippen LogP contribution in [0.25, 0.3) is 10.2 Å². The first-order valence-electron chi connectivity index (χ1n) is 6.69. The van der Waals surface area contributed by atoms with E-state index in [-0.39, 0.29) is 17.0 Å². The predicted molar refractivity (Wildman–Crippen MR) is 79.1 cm³/mol. The molecule has 1 aliphatic rings. The van der Waals surface area contributed by atoms with Crippen LogP contribution in [0.4, 0.5) is 0 Å². The van der Waals surface area contributed by atoms with Gasteiger partial charge in [-0.2, -0.15) is 0 Å². The molecule has 3 rings (SSSR count). The van der Waals surface area contributed by atoms with E-state index in [1.54, 1.807) is 22.2 Å².